The van der Waals surface area contributed by atoms with Crippen LogP contribution in [0.4, 0.5) is 0 Å². The fourth-order valence-corrected chi connectivity index (χ4v) is 2.09. The molecule has 1 N–H and O–H groups in total. The Bertz CT molecular complexity index is 717. The predicted molar refractivity (Wildman–Crippen MR) is 92.3 cm³/mol. The summed E-state index contributed by atoms with van der Waals surface area (Å²) in [5, 5.41) is 9.56. The van der Waals surface area contributed by atoms with E-state index < -0.39 is 0 Å². The van der Waals surface area contributed by atoms with Crippen LogP contribution in [0.3, 0.4) is 0 Å². The molecule has 0 atom stereocenters. The third-order valence-electron chi connectivity index (χ3n) is 3.30. The standard InChI is InChI=1S/C19H20O4/c1-21-17-11-9-15(13-19(17)23-3)7-5-4-6-14-8-10-16(20)18(12-14)22-2/h4-13,20H,1-3H3/b6-4+,7-5+. The highest BCUT2D eigenvalue weighted by atomic mass is 16.5. The number of phenols is 1. The van der Waals surface area contributed by atoms with Crippen LogP contribution < -0.4 is 14.2 Å². The van der Waals surface area contributed by atoms with E-state index in [1.54, 1.807) is 26.4 Å². The second kappa shape index (κ2) is 7.94. The Morgan fingerprint density at radius 3 is 1.78 bits per heavy atom. The lowest BCUT2D eigenvalue weighted by molar-refractivity contribution is 0.355. The average molecular weight is 312 g/mol. The Morgan fingerprint density at radius 2 is 1.22 bits per heavy atom. The second-order valence-electron chi connectivity index (χ2n) is 4.76. The van der Waals surface area contributed by atoms with Crippen molar-refractivity contribution in [1.82, 2.24) is 0 Å². The molecular weight excluding hydrogens is 292 g/mol. The number of aromatic hydroxyl groups is 1. The summed E-state index contributed by atoms with van der Waals surface area (Å²) in [6.45, 7) is 0. The van der Waals surface area contributed by atoms with Gasteiger partial charge in [0.25, 0.3) is 0 Å². The van der Waals surface area contributed by atoms with Crippen LogP contribution in [0.5, 0.6) is 23.0 Å². The number of benzene rings is 2. The lowest BCUT2D eigenvalue weighted by atomic mass is 10.1. The number of hydrogen-bond acceptors (Lipinski definition) is 4. The molecule has 0 spiro atoms. The molecule has 23 heavy (non-hydrogen) atoms. The van der Waals surface area contributed by atoms with E-state index in [4.69, 9.17) is 14.2 Å². The molecule has 4 nitrogen and oxygen atoms in total. The first-order valence-corrected chi connectivity index (χ1v) is 7.11. The van der Waals surface area contributed by atoms with Crippen LogP contribution in [0.25, 0.3) is 12.2 Å². The minimum Gasteiger partial charge on any atom is -0.504 e. The number of ether oxygens (including phenoxy) is 3. The summed E-state index contributed by atoms with van der Waals surface area (Å²) in [5.41, 5.74) is 1.95. The molecule has 2 rings (SSSR count). The predicted octanol–water partition coefficient (Wildman–Crippen LogP) is 4.14. The first kappa shape index (κ1) is 16.5. The Kier molecular flexibility index (Phi) is 5.69. The summed E-state index contributed by atoms with van der Waals surface area (Å²) in [7, 11) is 4.75. The van der Waals surface area contributed by atoms with Gasteiger partial charge in [0, 0.05) is 0 Å². The van der Waals surface area contributed by atoms with E-state index in [9.17, 15) is 5.11 Å². The normalized spacial score (nSPS) is 11.1. The van der Waals surface area contributed by atoms with Gasteiger partial charge in [-0.05, 0) is 35.4 Å². The Morgan fingerprint density at radius 1 is 0.696 bits per heavy atom. The first-order valence-electron chi connectivity index (χ1n) is 7.11. The minimum atomic E-state index is 0.130. The van der Waals surface area contributed by atoms with Gasteiger partial charge in [0.15, 0.2) is 23.0 Å². The SMILES string of the molecule is COc1cc(/C=C/C=C/c2ccc(OC)c(OC)c2)ccc1O. The van der Waals surface area contributed by atoms with Crippen molar-refractivity contribution in [1.29, 1.82) is 0 Å². The summed E-state index contributed by atoms with van der Waals surface area (Å²) in [6, 6.07) is 10.9. The first-order chi connectivity index (χ1) is 11.2. The molecule has 2 aromatic rings. The molecule has 0 amide bonds. The maximum Gasteiger partial charge on any atom is 0.161 e. The van der Waals surface area contributed by atoms with Gasteiger partial charge in [-0.3, -0.25) is 0 Å². The third-order valence-corrected chi connectivity index (χ3v) is 3.30. The van der Waals surface area contributed by atoms with Gasteiger partial charge in [-0.2, -0.15) is 0 Å². The van der Waals surface area contributed by atoms with Crippen molar-refractivity contribution < 1.29 is 19.3 Å². The van der Waals surface area contributed by atoms with E-state index in [2.05, 4.69) is 0 Å². The van der Waals surface area contributed by atoms with Crippen LogP contribution in [0, 0.1) is 0 Å². The number of allylic oxidation sites excluding steroid dienone is 2. The van der Waals surface area contributed by atoms with Crippen LogP contribution >= 0.6 is 0 Å². The highest BCUT2D eigenvalue weighted by Crippen LogP contribution is 2.28. The minimum absolute atomic E-state index is 0.130. The van der Waals surface area contributed by atoms with Gasteiger partial charge < -0.3 is 19.3 Å². The largest absolute Gasteiger partial charge is 0.504 e. The molecule has 0 unspecified atom stereocenters. The Labute approximate surface area is 136 Å². The van der Waals surface area contributed by atoms with Gasteiger partial charge in [-0.25, -0.2) is 0 Å². The van der Waals surface area contributed by atoms with Gasteiger partial charge in [0.2, 0.25) is 0 Å². The van der Waals surface area contributed by atoms with Crippen molar-refractivity contribution in [3.8, 4) is 23.0 Å². The third kappa shape index (κ3) is 4.30. The van der Waals surface area contributed by atoms with Crippen molar-refractivity contribution in [2.75, 3.05) is 21.3 Å². The van der Waals surface area contributed by atoms with Crippen molar-refractivity contribution in [3.05, 3.63) is 59.7 Å². The number of rotatable bonds is 6. The number of phenolic OH excluding ortho intramolecular Hbond substituents is 1. The smallest absolute Gasteiger partial charge is 0.161 e. The second-order valence-corrected chi connectivity index (χ2v) is 4.76. The topological polar surface area (TPSA) is 47.9 Å². The maximum absolute atomic E-state index is 9.56. The van der Waals surface area contributed by atoms with Crippen molar-refractivity contribution in [2.45, 2.75) is 0 Å². The molecule has 0 aliphatic heterocycles. The quantitative estimate of drug-likeness (QED) is 0.814. The van der Waals surface area contributed by atoms with Gasteiger partial charge >= 0.3 is 0 Å². The maximum atomic E-state index is 9.56. The summed E-state index contributed by atoms with van der Waals surface area (Å²) in [6.07, 6.45) is 7.75. The Balaban J connectivity index is 2.09. The zero-order valence-corrected chi connectivity index (χ0v) is 13.4. The molecule has 0 aliphatic rings. The molecule has 120 valence electrons. The fourth-order valence-electron chi connectivity index (χ4n) is 2.09. The van der Waals surface area contributed by atoms with E-state index in [1.807, 2.05) is 48.6 Å². The van der Waals surface area contributed by atoms with Gasteiger partial charge in [0.1, 0.15) is 0 Å². The molecule has 2 aromatic carbocycles. The summed E-state index contributed by atoms with van der Waals surface area (Å²) in [5.74, 6) is 1.99. The van der Waals surface area contributed by atoms with Crippen LogP contribution in [-0.4, -0.2) is 26.4 Å². The molecule has 0 radical (unpaired) electrons. The van der Waals surface area contributed by atoms with Gasteiger partial charge in [-0.15, -0.1) is 0 Å². The summed E-state index contributed by atoms with van der Waals surface area (Å²) < 4.78 is 15.6. The van der Waals surface area contributed by atoms with Crippen molar-refractivity contribution in [2.24, 2.45) is 0 Å². The van der Waals surface area contributed by atoms with E-state index >= 15 is 0 Å². The Hall–Kier alpha value is -2.88. The molecule has 0 fully saturated rings. The van der Waals surface area contributed by atoms with Crippen molar-refractivity contribution >= 4 is 12.2 Å². The molecule has 4 heteroatoms. The number of methoxy groups -OCH3 is 3. The van der Waals surface area contributed by atoms with Crippen LogP contribution in [0.15, 0.2) is 48.6 Å². The average Bonchev–Trinajstić information content (AvgIpc) is 2.59. The molecule has 0 saturated heterocycles. The van der Waals surface area contributed by atoms with Gasteiger partial charge in [-0.1, -0.05) is 36.4 Å². The zero-order chi connectivity index (χ0) is 16.7. The van der Waals surface area contributed by atoms with Crippen molar-refractivity contribution in [3.63, 3.8) is 0 Å². The molecule has 0 aliphatic carbocycles. The van der Waals surface area contributed by atoms with Crippen LogP contribution in [0.1, 0.15) is 11.1 Å². The summed E-state index contributed by atoms with van der Waals surface area (Å²) >= 11 is 0. The zero-order valence-electron chi connectivity index (χ0n) is 13.4. The highest BCUT2D eigenvalue weighted by Gasteiger charge is 2.02. The molecule has 0 heterocycles. The molecule has 0 bridgehead atoms. The van der Waals surface area contributed by atoms with Crippen LogP contribution in [-0.2, 0) is 0 Å². The molecular formula is C19H20O4. The van der Waals surface area contributed by atoms with Gasteiger partial charge in [0.05, 0.1) is 21.3 Å². The molecule has 0 aromatic heterocycles. The molecule has 0 saturated carbocycles. The van der Waals surface area contributed by atoms with E-state index in [1.165, 1.54) is 7.11 Å². The highest BCUT2D eigenvalue weighted by molar-refractivity contribution is 5.61. The lowest BCUT2D eigenvalue weighted by Crippen LogP contribution is -1.90. The lowest BCUT2D eigenvalue weighted by Gasteiger charge is -2.07. The van der Waals surface area contributed by atoms with E-state index in [0.29, 0.717) is 17.2 Å². The fraction of sp³-hybridized carbons (Fsp3) is 0.158. The van der Waals surface area contributed by atoms with E-state index in [-0.39, 0.29) is 5.75 Å². The van der Waals surface area contributed by atoms with Crippen LogP contribution in [0.2, 0.25) is 0 Å². The van der Waals surface area contributed by atoms with E-state index in [0.717, 1.165) is 11.1 Å². The monoisotopic (exact) mass is 312 g/mol. The summed E-state index contributed by atoms with van der Waals surface area (Å²) in [4.78, 5) is 0. The number of hydrogen-bond donors (Lipinski definition) is 1.